The molecule has 25 heavy (non-hydrogen) atoms. The lowest BCUT2D eigenvalue weighted by Crippen LogP contribution is -2.22. The van der Waals surface area contributed by atoms with Crippen LogP contribution in [0.5, 0.6) is 0 Å². The standard InChI is InChI=1S/C19H28N4OS/c1-12-13(2)25-19-17(12)18(20-14-6-7-15(10-14)24-3)21-16(22-19)11-23-8-4-5-9-23/h14-15H,4-11H2,1-3H3,(H,20,21,22). The van der Waals surface area contributed by atoms with Crippen molar-refractivity contribution in [3.05, 3.63) is 16.3 Å². The first-order chi connectivity index (χ1) is 12.1. The number of aryl methyl sites for hydroxylation is 2. The van der Waals surface area contributed by atoms with Crippen LogP contribution in [0.25, 0.3) is 10.2 Å². The van der Waals surface area contributed by atoms with E-state index in [-0.39, 0.29) is 0 Å². The van der Waals surface area contributed by atoms with E-state index in [0.717, 1.165) is 42.3 Å². The smallest absolute Gasteiger partial charge is 0.146 e. The van der Waals surface area contributed by atoms with Crippen molar-refractivity contribution in [2.45, 2.75) is 64.6 Å². The minimum absolute atomic E-state index is 0.379. The number of likely N-dealkylation sites (tertiary alicyclic amines) is 1. The normalized spacial score (nSPS) is 24.4. The summed E-state index contributed by atoms with van der Waals surface area (Å²) < 4.78 is 5.53. The van der Waals surface area contributed by atoms with Crippen LogP contribution in [0.4, 0.5) is 5.82 Å². The summed E-state index contributed by atoms with van der Waals surface area (Å²) in [4.78, 5) is 14.8. The van der Waals surface area contributed by atoms with Crippen LogP contribution < -0.4 is 5.32 Å². The van der Waals surface area contributed by atoms with E-state index in [1.165, 1.54) is 41.8 Å². The summed E-state index contributed by atoms with van der Waals surface area (Å²) >= 11 is 1.79. The predicted octanol–water partition coefficient (Wildman–Crippen LogP) is 3.88. The van der Waals surface area contributed by atoms with Gasteiger partial charge >= 0.3 is 0 Å². The molecule has 6 heteroatoms. The number of fused-ring (bicyclic) bond motifs is 1. The quantitative estimate of drug-likeness (QED) is 0.877. The number of hydrogen-bond acceptors (Lipinski definition) is 6. The van der Waals surface area contributed by atoms with Crippen molar-refractivity contribution in [3.63, 3.8) is 0 Å². The second-order valence-electron chi connectivity index (χ2n) is 7.45. The van der Waals surface area contributed by atoms with Gasteiger partial charge in [0.05, 0.1) is 18.0 Å². The van der Waals surface area contributed by atoms with E-state index in [4.69, 9.17) is 14.7 Å². The highest BCUT2D eigenvalue weighted by Gasteiger charge is 2.26. The van der Waals surface area contributed by atoms with Crippen LogP contribution >= 0.6 is 11.3 Å². The summed E-state index contributed by atoms with van der Waals surface area (Å²) in [5, 5.41) is 4.94. The van der Waals surface area contributed by atoms with Crippen LogP contribution in [-0.4, -0.2) is 47.2 Å². The highest BCUT2D eigenvalue weighted by Crippen LogP contribution is 2.35. The Kier molecular flexibility index (Phi) is 4.93. The van der Waals surface area contributed by atoms with Gasteiger partial charge in [-0.2, -0.15) is 0 Å². The van der Waals surface area contributed by atoms with Gasteiger partial charge in [-0.25, -0.2) is 9.97 Å². The lowest BCUT2D eigenvalue weighted by molar-refractivity contribution is 0.108. The molecular formula is C19H28N4OS. The number of aromatic nitrogens is 2. The highest BCUT2D eigenvalue weighted by molar-refractivity contribution is 7.18. The van der Waals surface area contributed by atoms with Crippen molar-refractivity contribution in [1.82, 2.24) is 14.9 Å². The molecule has 136 valence electrons. The maximum absolute atomic E-state index is 5.53. The van der Waals surface area contributed by atoms with Gasteiger partial charge < -0.3 is 10.1 Å². The van der Waals surface area contributed by atoms with Crippen molar-refractivity contribution in [2.75, 3.05) is 25.5 Å². The number of rotatable bonds is 5. The summed E-state index contributed by atoms with van der Waals surface area (Å²) in [6.07, 6.45) is 6.31. The average Bonchev–Trinajstić information content (AvgIpc) is 3.30. The zero-order valence-electron chi connectivity index (χ0n) is 15.5. The van der Waals surface area contributed by atoms with Gasteiger partial charge in [-0.1, -0.05) is 0 Å². The van der Waals surface area contributed by atoms with Gasteiger partial charge in [0.1, 0.15) is 16.5 Å². The van der Waals surface area contributed by atoms with Gasteiger partial charge in [-0.15, -0.1) is 11.3 Å². The summed E-state index contributed by atoms with van der Waals surface area (Å²) in [5.74, 6) is 1.99. The zero-order chi connectivity index (χ0) is 17.4. The average molecular weight is 361 g/mol. The first-order valence-electron chi connectivity index (χ1n) is 9.42. The molecule has 3 heterocycles. The van der Waals surface area contributed by atoms with E-state index in [0.29, 0.717) is 12.1 Å². The summed E-state index contributed by atoms with van der Waals surface area (Å²) in [6, 6.07) is 0.447. The molecule has 1 aliphatic heterocycles. The van der Waals surface area contributed by atoms with Crippen molar-refractivity contribution < 1.29 is 4.74 Å². The molecule has 0 spiro atoms. The molecule has 2 aromatic rings. The fourth-order valence-electron chi connectivity index (χ4n) is 4.09. The van der Waals surface area contributed by atoms with Gasteiger partial charge in [-0.3, -0.25) is 4.90 Å². The Morgan fingerprint density at radius 3 is 2.72 bits per heavy atom. The van der Waals surface area contributed by atoms with Crippen molar-refractivity contribution >= 4 is 27.4 Å². The molecule has 1 saturated carbocycles. The summed E-state index contributed by atoms with van der Waals surface area (Å²) in [6.45, 7) is 7.58. The monoisotopic (exact) mass is 360 g/mol. The lowest BCUT2D eigenvalue weighted by atomic mass is 10.2. The summed E-state index contributed by atoms with van der Waals surface area (Å²) in [5.41, 5.74) is 1.32. The van der Waals surface area contributed by atoms with E-state index >= 15 is 0 Å². The van der Waals surface area contributed by atoms with Crippen LogP contribution in [0.3, 0.4) is 0 Å². The van der Waals surface area contributed by atoms with E-state index in [2.05, 4.69) is 24.1 Å². The molecule has 2 aliphatic rings. The first-order valence-corrected chi connectivity index (χ1v) is 10.2. The van der Waals surface area contributed by atoms with Gasteiger partial charge in [0.2, 0.25) is 0 Å². The van der Waals surface area contributed by atoms with E-state index < -0.39 is 0 Å². The molecule has 0 aromatic carbocycles. The molecule has 2 unspecified atom stereocenters. The number of nitrogens with zero attached hydrogens (tertiary/aromatic N) is 3. The van der Waals surface area contributed by atoms with E-state index in [1.54, 1.807) is 11.3 Å². The van der Waals surface area contributed by atoms with E-state index in [1.807, 2.05) is 7.11 Å². The maximum Gasteiger partial charge on any atom is 0.146 e. The number of ether oxygens (including phenoxy) is 1. The SMILES string of the molecule is COC1CCC(Nc2nc(CN3CCCC3)nc3sc(C)c(C)c23)C1. The fourth-order valence-corrected chi connectivity index (χ4v) is 5.14. The Balaban J connectivity index is 1.64. The fraction of sp³-hybridized carbons (Fsp3) is 0.684. The molecule has 2 atom stereocenters. The molecule has 0 bridgehead atoms. The molecule has 1 aliphatic carbocycles. The largest absolute Gasteiger partial charge is 0.381 e. The Morgan fingerprint density at radius 2 is 2.00 bits per heavy atom. The number of thiophene rings is 1. The molecule has 1 saturated heterocycles. The van der Waals surface area contributed by atoms with Crippen LogP contribution in [0, 0.1) is 13.8 Å². The minimum atomic E-state index is 0.379. The van der Waals surface area contributed by atoms with Gasteiger partial charge in [0.25, 0.3) is 0 Å². The highest BCUT2D eigenvalue weighted by atomic mass is 32.1. The lowest BCUT2D eigenvalue weighted by Gasteiger charge is -2.17. The maximum atomic E-state index is 5.53. The van der Waals surface area contributed by atoms with Crippen LogP contribution in [0.1, 0.15) is 48.4 Å². The number of hydrogen-bond donors (Lipinski definition) is 1. The van der Waals surface area contributed by atoms with Gasteiger partial charge in [0, 0.05) is 18.0 Å². The molecule has 4 rings (SSSR count). The number of nitrogens with one attached hydrogen (secondary N) is 1. The zero-order valence-corrected chi connectivity index (χ0v) is 16.3. The second kappa shape index (κ2) is 7.17. The van der Waals surface area contributed by atoms with Gasteiger partial charge in [0.15, 0.2) is 0 Å². The Hall–Kier alpha value is -1.24. The third-order valence-corrected chi connectivity index (χ3v) is 6.80. The first kappa shape index (κ1) is 17.2. The van der Waals surface area contributed by atoms with Crippen molar-refractivity contribution in [3.8, 4) is 0 Å². The number of anilines is 1. The Bertz CT molecular complexity index is 753. The Labute approximate surface area is 153 Å². The van der Waals surface area contributed by atoms with Crippen molar-refractivity contribution in [1.29, 1.82) is 0 Å². The Morgan fingerprint density at radius 1 is 1.20 bits per heavy atom. The predicted molar refractivity (Wildman–Crippen MR) is 103 cm³/mol. The van der Waals surface area contributed by atoms with Crippen molar-refractivity contribution in [2.24, 2.45) is 0 Å². The van der Waals surface area contributed by atoms with Crippen LogP contribution in [0.2, 0.25) is 0 Å². The molecule has 5 nitrogen and oxygen atoms in total. The second-order valence-corrected chi connectivity index (χ2v) is 8.65. The molecular weight excluding hydrogens is 332 g/mol. The topological polar surface area (TPSA) is 50.3 Å². The number of methoxy groups -OCH3 is 1. The third-order valence-electron chi connectivity index (χ3n) is 5.70. The molecule has 2 aromatic heterocycles. The summed E-state index contributed by atoms with van der Waals surface area (Å²) in [7, 11) is 1.82. The molecule has 0 amide bonds. The van der Waals surface area contributed by atoms with E-state index in [9.17, 15) is 0 Å². The minimum Gasteiger partial charge on any atom is -0.381 e. The van der Waals surface area contributed by atoms with Gasteiger partial charge in [-0.05, 0) is 64.6 Å². The molecule has 0 radical (unpaired) electrons. The molecule has 1 N–H and O–H groups in total. The molecule has 2 fully saturated rings. The van der Waals surface area contributed by atoms with Crippen LogP contribution in [-0.2, 0) is 11.3 Å². The van der Waals surface area contributed by atoms with Crippen LogP contribution in [0.15, 0.2) is 0 Å². The third kappa shape index (κ3) is 3.52.